The maximum absolute atomic E-state index is 11.4. The first-order valence-corrected chi connectivity index (χ1v) is 5.75. The van der Waals surface area contributed by atoms with Crippen LogP contribution < -0.4 is 0 Å². The van der Waals surface area contributed by atoms with Gasteiger partial charge in [-0.1, -0.05) is 26.3 Å². The zero-order chi connectivity index (χ0) is 11.0. The largest absolute Gasteiger partial charge is 0.462 e. The fourth-order valence-corrected chi connectivity index (χ4v) is 2.83. The standard InChI is InChI=1S/C12H18O3/c1-3-7-5-9-10(6-15-12(9)14)11(13)8(7)4-2/h5,7-8,10-11,13H,3-4,6H2,1-2H3. The third-order valence-electron chi connectivity index (χ3n) is 3.77. The molecule has 1 fully saturated rings. The molecule has 4 atom stereocenters. The summed E-state index contributed by atoms with van der Waals surface area (Å²) in [4.78, 5) is 11.4. The lowest BCUT2D eigenvalue weighted by Gasteiger charge is -2.35. The number of esters is 1. The van der Waals surface area contributed by atoms with E-state index in [0.717, 1.165) is 12.8 Å². The molecule has 1 aliphatic heterocycles. The maximum Gasteiger partial charge on any atom is 0.334 e. The summed E-state index contributed by atoms with van der Waals surface area (Å²) in [5.74, 6) is 0.289. The highest BCUT2D eigenvalue weighted by Crippen LogP contribution is 2.40. The van der Waals surface area contributed by atoms with Crippen LogP contribution >= 0.6 is 0 Å². The van der Waals surface area contributed by atoms with Crippen LogP contribution in [-0.2, 0) is 9.53 Å². The van der Waals surface area contributed by atoms with E-state index in [1.54, 1.807) is 0 Å². The molecule has 15 heavy (non-hydrogen) atoms. The molecule has 3 nitrogen and oxygen atoms in total. The van der Waals surface area contributed by atoms with E-state index in [1.165, 1.54) is 0 Å². The molecule has 2 aliphatic rings. The number of aliphatic hydroxyl groups is 1. The molecule has 1 N–H and O–H groups in total. The Morgan fingerprint density at radius 2 is 2.20 bits per heavy atom. The van der Waals surface area contributed by atoms with Gasteiger partial charge in [0.1, 0.15) is 6.61 Å². The van der Waals surface area contributed by atoms with Crippen LogP contribution in [0.15, 0.2) is 11.6 Å². The zero-order valence-electron chi connectivity index (χ0n) is 9.27. The number of hydrogen-bond acceptors (Lipinski definition) is 3. The minimum Gasteiger partial charge on any atom is -0.462 e. The van der Waals surface area contributed by atoms with E-state index in [1.807, 2.05) is 6.08 Å². The number of ether oxygens (including phenoxy) is 1. The minimum atomic E-state index is -0.411. The summed E-state index contributed by atoms with van der Waals surface area (Å²) in [5.41, 5.74) is 0.707. The number of hydrogen-bond donors (Lipinski definition) is 1. The first kappa shape index (κ1) is 10.7. The Morgan fingerprint density at radius 1 is 1.47 bits per heavy atom. The van der Waals surface area contributed by atoms with Crippen LogP contribution in [0.2, 0.25) is 0 Å². The third-order valence-corrected chi connectivity index (χ3v) is 3.77. The number of carbonyl (C=O) groups is 1. The van der Waals surface area contributed by atoms with Crippen molar-refractivity contribution in [2.45, 2.75) is 32.8 Å². The molecule has 0 aromatic heterocycles. The van der Waals surface area contributed by atoms with Crippen molar-refractivity contribution in [3.8, 4) is 0 Å². The average Bonchev–Trinajstić information content (AvgIpc) is 2.60. The summed E-state index contributed by atoms with van der Waals surface area (Å²) in [6.07, 6.45) is 3.54. The zero-order valence-corrected chi connectivity index (χ0v) is 9.27. The highest BCUT2D eigenvalue weighted by atomic mass is 16.5. The molecule has 0 spiro atoms. The number of rotatable bonds is 2. The predicted molar refractivity (Wildman–Crippen MR) is 56.1 cm³/mol. The average molecular weight is 210 g/mol. The van der Waals surface area contributed by atoms with E-state index in [4.69, 9.17) is 4.74 Å². The van der Waals surface area contributed by atoms with Crippen molar-refractivity contribution in [3.05, 3.63) is 11.6 Å². The van der Waals surface area contributed by atoms with Gasteiger partial charge in [0.2, 0.25) is 0 Å². The summed E-state index contributed by atoms with van der Waals surface area (Å²) < 4.78 is 4.99. The van der Waals surface area contributed by atoms with Gasteiger partial charge >= 0.3 is 5.97 Å². The van der Waals surface area contributed by atoms with Gasteiger partial charge in [-0.3, -0.25) is 0 Å². The van der Waals surface area contributed by atoms with Gasteiger partial charge in [0.05, 0.1) is 12.0 Å². The molecule has 0 saturated carbocycles. The molecule has 0 bridgehead atoms. The summed E-state index contributed by atoms with van der Waals surface area (Å²) >= 11 is 0. The fourth-order valence-electron chi connectivity index (χ4n) is 2.83. The van der Waals surface area contributed by atoms with Crippen molar-refractivity contribution < 1.29 is 14.6 Å². The fraction of sp³-hybridized carbons (Fsp3) is 0.750. The topological polar surface area (TPSA) is 46.5 Å². The van der Waals surface area contributed by atoms with Crippen LogP contribution in [0, 0.1) is 17.8 Å². The van der Waals surface area contributed by atoms with Crippen molar-refractivity contribution in [3.63, 3.8) is 0 Å². The predicted octanol–water partition coefficient (Wildman–Crippen LogP) is 1.51. The Morgan fingerprint density at radius 3 is 2.80 bits per heavy atom. The van der Waals surface area contributed by atoms with Gasteiger partial charge in [-0.2, -0.15) is 0 Å². The quantitative estimate of drug-likeness (QED) is 0.703. The van der Waals surface area contributed by atoms with E-state index in [9.17, 15) is 9.90 Å². The first-order chi connectivity index (χ1) is 7.19. The smallest absolute Gasteiger partial charge is 0.334 e. The lowest BCUT2D eigenvalue weighted by Crippen LogP contribution is -2.38. The monoisotopic (exact) mass is 210 g/mol. The molecule has 84 valence electrons. The van der Waals surface area contributed by atoms with Crippen LogP contribution in [0.5, 0.6) is 0 Å². The van der Waals surface area contributed by atoms with Crippen molar-refractivity contribution in [1.29, 1.82) is 0 Å². The number of cyclic esters (lactones) is 1. The SMILES string of the molecule is CCC1C=C2C(=O)OCC2C(O)C1CC. The van der Waals surface area contributed by atoms with Crippen LogP contribution in [0.3, 0.4) is 0 Å². The van der Waals surface area contributed by atoms with Crippen molar-refractivity contribution in [2.24, 2.45) is 17.8 Å². The van der Waals surface area contributed by atoms with Crippen LogP contribution in [0.1, 0.15) is 26.7 Å². The maximum atomic E-state index is 11.4. The van der Waals surface area contributed by atoms with Gasteiger partial charge in [0, 0.05) is 5.57 Å². The molecule has 0 amide bonds. The summed E-state index contributed by atoms with van der Waals surface area (Å²) in [5, 5.41) is 10.2. The second-order valence-corrected chi connectivity index (χ2v) is 4.46. The molecular weight excluding hydrogens is 192 g/mol. The summed E-state index contributed by atoms with van der Waals surface area (Å²) in [6.45, 7) is 4.55. The van der Waals surface area contributed by atoms with E-state index in [0.29, 0.717) is 18.1 Å². The first-order valence-electron chi connectivity index (χ1n) is 5.75. The molecule has 4 unspecified atom stereocenters. The van der Waals surface area contributed by atoms with Crippen molar-refractivity contribution >= 4 is 5.97 Å². The number of carbonyl (C=O) groups excluding carboxylic acids is 1. The Kier molecular flexibility index (Phi) is 2.83. The van der Waals surface area contributed by atoms with Gasteiger partial charge in [0.25, 0.3) is 0 Å². The van der Waals surface area contributed by atoms with Gasteiger partial charge in [-0.05, 0) is 18.3 Å². The van der Waals surface area contributed by atoms with E-state index >= 15 is 0 Å². The number of aliphatic hydroxyl groups excluding tert-OH is 1. The molecule has 1 saturated heterocycles. The second kappa shape index (κ2) is 3.97. The lowest BCUT2D eigenvalue weighted by molar-refractivity contribution is -0.135. The molecule has 1 aliphatic carbocycles. The summed E-state index contributed by atoms with van der Waals surface area (Å²) in [6, 6.07) is 0. The molecular formula is C12H18O3. The van der Waals surface area contributed by atoms with E-state index in [-0.39, 0.29) is 17.8 Å². The molecule has 1 heterocycles. The third kappa shape index (κ3) is 1.59. The molecule has 0 radical (unpaired) electrons. The molecule has 3 heteroatoms. The Labute approximate surface area is 90.1 Å². The van der Waals surface area contributed by atoms with Crippen LogP contribution in [-0.4, -0.2) is 23.8 Å². The highest BCUT2D eigenvalue weighted by molar-refractivity contribution is 5.91. The van der Waals surface area contributed by atoms with Gasteiger partial charge in [0.15, 0.2) is 0 Å². The lowest BCUT2D eigenvalue weighted by atomic mass is 9.71. The Bertz CT molecular complexity index is 295. The van der Waals surface area contributed by atoms with Gasteiger partial charge < -0.3 is 9.84 Å². The minimum absolute atomic E-state index is 0.0785. The number of allylic oxidation sites excluding steroid dienone is 1. The summed E-state index contributed by atoms with van der Waals surface area (Å²) in [7, 11) is 0. The van der Waals surface area contributed by atoms with Gasteiger partial charge in [-0.15, -0.1) is 0 Å². The number of fused-ring (bicyclic) bond motifs is 1. The highest BCUT2D eigenvalue weighted by Gasteiger charge is 2.44. The van der Waals surface area contributed by atoms with E-state index < -0.39 is 6.10 Å². The van der Waals surface area contributed by atoms with Crippen molar-refractivity contribution in [1.82, 2.24) is 0 Å². The van der Waals surface area contributed by atoms with E-state index in [2.05, 4.69) is 13.8 Å². The Hall–Kier alpha value is -0.830. The van der Waals surface area contributed by atoms with Crippen LogP contribution in [0.4, 0.5) is 0 Å². The second-order valence-electron chi connectivity index (χ2n) is 4.46. The normalized spacial score (nSPS) is 39.7. The molecule has 2 rings (SSSR count). The Balaban J connectivity index is 2.31. The molecule has 0 aromatic carbocycles. The molecule has 0 aromatic rings. The van der Waals surface area contributed by atoms with Crippen LogP contribution in [0.25, 0.3) is 0 Å². The van der Waals surface area contributed by atoms with Gasteiger partial charge in [-0.25, -0.2) is 4.79 Å². The van der Waals surface area contributed by atoms with Crippen molar-refractivity contribution in [2.75, 3.05) is 6.61 Å².